The molecule has 2 atom stereocenters. The molecular weight excluding hydrogens is 439 g/mol. The summed E-state index contributed by atoms with van der Waals surface area (Å²) in [6.07, 6.45) is -1.94. The fourth-order valence-electron chi connectivity index (χ4n) is 3.51. The van der Waals surface area contributed by atoms with E-state index in [-0.39, 0.29) is 17.9 Å². The quantitative estimate of drug-likeness (QED) is 0.581. The van der Waals surface area contributed by atoms with Crippen LogP contribution in [0.3, 0.4) is 0 Å². The molecular formula is C18H15BrF3N5O. The molecule has 0 spiro atoms. The predicted molar refractivity (Wildman–Crippen MR) is 98.8 cm³/mol. The zero-order chi connectivity index (χ0) is 20.1. The molecule has 3 heterocycles. The fraction of sp³-hybridized carbons (Fsp3) is 0.278. The van der Waals surface area contributed by atoms with Crippen LogP contribution >= 0.6 is 15.9 Å². The maximum absolute atomic E-state index is 13.7. The summed E-state index contributed by atoms with van der Waals surface area (Å²) in [5.74, 6) is -0.409. The van der Waals surface area contributed by atoms with Gasteiger partial charge in [0.25, 0.3) is 5.91 Å². The fourth-order valence-corrected chi connectivity index (χ4v) is 4.06. The monoisotopic (exact) mass is 453 g/mol. The molecule has 1 aromatic carbocycles. The van der Waals surface area contributed by atoms with Crippen molar-refractivity contribution < 1.29 is 18.0 Å². The van der Waals surface area contributed by atoms with Gasteiger partial charge in [-0.2, -0.15) is 23.4 Å². The topological polar surface area (TPSA) is 56.0 Å². The van der Waals surface area contributed by atoms with Gasteiger partial charge < -0.3 is 0 Å². The molecule has 146 valence electrons. The number of amides is 1. The van der Waals surface area contributed by atoms with Crippen LogP contribution in [0, 0.1) is 0 Å². The first kappa shape index (κ1) is 18.7. The van der Waals surface area contributed by atoms with Crippen molar-refractivity contribution in [3.05, 3.63) is 64.5 Å². The highest BCUT2D eigenvalue weighted by Crippen LogP contribution is 2.47. The van der Waals surface area contributed by atoms with Crippen LogP contribution in [-0.2, 0) is 7.05 Å². The molecule has 0 N–H and O–H groups in total. The Morgan fingerprint density at radius 3 is 2.54 bits per heavy atom. The van der Waals surface area contributed by atoms with Gasteiger partial charge in [-0.15, -0.1) is 0 Å². The summed E-state index contributed by atoms with van der Waals surface area (Å²) in [7, 11) is 1.66. The first-order valence-corrected chi connectivity index (χ1v) is 9.24. The minimum absolute atomic E-state index is 0.0879. The van der Waals surface area contributed by atoms with Crippen molar-refractivity contribution >= 4 is 27.7 Å². The van der Waals surface area contributed by atoms with Crippen LogP contribution in [0.4, 0.5) is 19.0 Å². The van der Waals surface area contributed by atoms with Gasteiger partial charge in [0.2, 0.25) is 0 Å². The molecule has 10 heteroatoms. The number of hydrogen-bond acceptors (Lipinski definition) is 3. The second-order valence-corrected chi connectivity index (χ2v) is 7.38. The first-order chi connectivity index (χ1) is 13.3. The number of fused-ring (bicyclic) bond motifs is 1. The van der Waals surface area contributed by atoms with Gasteiger partial charge in [-0.25, -0.2) is 4.68 Å². The van der Waals surface area contributed by atoms with Gasteiger partial charge in [0, 0.05) is 25.7 Å². The molecule has 4 rings (SSSR count). The van der Waals surface area contributed by atoms with Gasteiger partial charge in [-0.1, -0.05) is 30.3 Å². The zero-order valence-electron chi connectivity index (χ0n) is 14.6. The van der Waals surface area contributed by atoms with Crippen molar-refractivity contribution in [1.29, 1.82) is 0 Å². The van der Waals surface area contributed by atoms with Crippen LogP contribution in [-0.4, -0.2) is 31.6 Å². The van der Waals surface area contributed by atoms with E-state index in [0.29, 0.717) is 10.0 Å². The average molecular weight is 454 g/mol. The standard InChI is InChI=1S/C18H15BrF3N5O/c1-25-10-12(19)16(24-25)17(28)26-13(11-5-3-2-4-6-11)9-14(18(20,21)22)27-15(26)7-8-23-27/h2-8,10,13-14H,9H2,1H3/t13-,14-/m0/s1. The van der Waals surface area contributed by atoms with Crippen LogP contribution in [0.1, 0.15) is 34.6 Å². The van der Waals surface area contributed by atoms with Crippen molar-refractivity contribution in [1.82, 2.24) is 19.6 Å². The van der Waals surface area contributed by atoms with Gasteiger partial charge in [0.1, 0.15) is 5.82 Å². The van der Waals surface area contributed by atoms with E-state index in [0.717, 1.165) is 4.68 Å². The van der Waals surface area contributed by atoms with E-state index < -0.39 is 24.2 Å². The second-order valence-electron chi connectivity index (χ2n) is 6.53. The third-order valence-electron chi connectivity index (χ3n) is 4.72. The Morgan fingerprint density at radius 1 is 1.21 bits per heavy atom. The van der Waals surface area contributed by atoms with E-state index in [1.807, 2.05) is 0 Å². The Bertz CT molecular complexity index is 1010. The van der Waals surface area contributed by atoms with Crippen molar-refractivity contribution in [2.45, 2.75) is 24.7 Å². The third kappa shape index (κ3) is 3.11. The van der Waals surface area contributed by atoms with E-state index in [2.05, 4.69) is 26.1 Å². The van der Waals surface area contributed by atoms with Crippen LogP contribution < -0.4 is 4.90 Å². The number of carbonyl (C=O) groups excluding carboxylic acids is 1. The highest BCUT2D eigenvalue weighted by Gasteiger charge is 2.50. The molecule has 0 radical (unpaired) electrons. The summed E-state index contributed by atoms with van der Waals surface area (Å²) in [4.78, 5) is 14.7. The predicted octanol–water partition coefficient (Wildman–Crippen LogP) is 4.27. The van der Waals surface area contributed by atoms with Crippen LogP contribution in [0.15, 0.2) is 53.3 Å². The summed E-state index contributed by atoms with van der Waals surface area (Å²) < 4.78 is 44.0. The summed E-state index contributed by atoms with van der Waals surface area (Å²) in [6.45, 7) is 0. The lowest BCUT2D eigenvalue weighted by atomic mass is 9.94. The summed E-state index contributed by atoms with van der Waals surface area (Å²) >= 11 is 3.30. The largest absolute Gasteiger partial charge is 0.410 e. The number of nitrogens with zero attached hydrogens (tertiary/aromatic N) is 5. The number of hydrogen-bond donors (Lipinski definition) is 0. The van der Waals surface area contributed by atoms with Crippen LogP contribution in [0.5, 0.6) is 0 Å². The molecule has 0 saturated heterocycles. The Morgan fingerprint density at radius 2 is 1.93 bits per heavy atom. The highest BCUT2D eigenvalue weighted by molar-refractivity contribution is 9.10. The van der Waals surface area contributed by atoms with Gasteiger partial charge in [-0.3, -0.25) is 14.4 Å². The molecule has 1 aliphatic rings. The van der Waals surface area contributed by atoms with Crippen molar-refractivity contribution in [2.24, 2.45) is 7.05 Å². The Kier molecular flexibility index (Phi) is 4.53. The molecule has 0 fully saturated rings. The zero-order valence-corrected chi connectivity index (χ0v) is 16.2. The normalized spacial score (nSPS) is 19.5. The molecule has 1 aliphatic heterocycles. The summed E-state index contributed by atoms with van der Waals surface area (Å²) in [5.41, 5.74) is 0.742. The average Bonchev–Trinajstić information content (AvgIpc) is 3.25. The lowest BCUT2D eigenvalue weighted by Crippen LogP contribution is -2.45. The SMILES string of the molecule is Cn1cc(Br)c(C(=O)N2c3ccnn3[C@H](C(F)(F)F)C[C@H]2c2ccccc2)n1. The van der Waals surface area contributed by atoms with E-state index in [9.17, 15) is 18.0 Å². The van der Waals surface area contributed by atoms with Gasteiger partial charge in [-0.05, 0) is 21.5 Å². The Labute approximate surface area is 166 Å². The summed E-state index contributed by atoms with van der Waals surface area (Å²) in [6, 6.07) is 7.49. The van der Waals surface area contributed by atoms with E-state index in [4.69, 9.17) is 0 Å². The van der Waals surface area contributed by atoms with Gasteiger partial charge in [0.15, 0.2) is 11.7 Å². The van der Waals surface area contributed by atoms with Gasteiger partial charge in [0.05, 0.1) is 16.7 Å². The number of halogens is 4. The highest BCUT2D eigenvalue weighted by atomic mass is 79.9. The van der Waals surface area contributed by atoms with Crippen LogP contribution in [0.2, 0.25) is 0 Å². The lowest BCUT2D eigenvalue weighted by Gasteiger charge is -2.40. The van der Waals surface area contributed by atoms with E-state index in [1.54, 1.807) is 43.6 Å². The van der Waals surface area contributed by atoms with Crippen molar-refractivity contribution in [2.75, 3.05) is 4.90 Å². The van der Waals surface area contributed by atoms with Crippen molar-refractivity contribution in [3.8, 4) is 0 Å². The summed E-state index contributed by atoms with van der Waals surface area (Å²) in [5, 5.41) is 8.02. The second kappa shape index (κ2) is 6.77. The van der Waals surface area contributed by atoms with Crippen molar-refractivity contribution in [3.63, 3.8) is 0 Å². The molecule has 0 saturated carbocycles. The minimum Gasteiger partial charge on any atom is -0.284 e. The van der Waals surface area contributed by atoms with E-state index in [1.165, 1.54) is 21.8 Å². The number of aromatic nitrogens is 4. The van der Waals surface area contributed by atoms with Gasteiger partial charge >= 0.3 is 6.18 Å². The number of carbonyl (C=O) groups is 1. The molecule has 6 nitrogen and oxygen atoms in total. The Balaban J connectivity index is 1.87. The molecule has 3 aromatic rings. The minimum atomic E-state index is -4.49. The maximum Gasteiger partial charge on any atom is 0.410 e. The molecule has 0 aliphatic carbocycles. The number of benzene rings is 1. The number of alkyl halides is 3. The molecule has 2 aromatic heterocycles. The smallest absolute Gasteiger partial charge is 0.284 e. The molecule has 0 unspecified atom stereocenters. The molecule has 1 amide bonds. The third-order valence-corrected chi connectivity index (χ3v) is 5.30. The van der Waals surface area contributed by atoms with Crippen LogP contribution in [0.25, 0.3) is 0 Å². The van der Waals surface area contributed by atoms with E-state index >= 15 is 0 Å². The Hall–Kier alpha value is -2.62. The lowest BCUT2D eigenvalue weighted by molar-refractivity contribution is -0.174. The number of anilines is 1. The number of aryl methyl sites for hydroxylation is 1. The maximum atomic E-state index is 13.7. The first-order valence-electron chi connectivity index (χ1n) is 8.45. The number of rotatable bonds is 2. The molecule has 0 bridgehead atoms. The molecule has 28 heavy (non-hydrogen) atoms.